The van der Waals surface area contributed by atoms with Crippen LogP contribution in [0.15, 0.2) is 83.2 Å². The molecular weight excluding hydrogens is 553 g/mol. The molecule has 1 aliphatic rings. The van der Waals surface area contributed by atoms with Gasteiger partial charge in [0.25, 0.3) is 17.5 Å². The number of allylic oxidation sites excluding steroid dienone is 2. The predicted octanol–water partition coefficient (Wildman–Crippen LogP) is 6.69. The van der Waals surface area contributed by atoms with Gasteiger partial charge < -0.3 is 16.0 Å². The second-order valence-corrected chi connectivity index (χ2v) is 9.43. The van der Waals surface area contributed by atoms with Gasteiger partial charge in [0.2, 0.25) is 0 Å². The summed E-state index contributed by atoms with van der Waals surface area (Å²) >= 11 is 11.7. The van der Waals surface area contributed by atoms with Crippen LogP contribution in [0.1, 0.15) is 25.3 Å². The molecule has 1 aliphatic heterocycles. The maximum absolute atomic E-state index is 13.7. The molecule has 0 radical (unpaired) electrons. The van der Waals surface area contributed by atoms with Gasteiger partial charge in [0.05, 0.1) is 20.9 Å². The van der Waals surface area contributed by atoms with E-state index >= 15 is 0 Å². The zero-order valence-corrected chi connectivity index (χ0v) is 22.0. The van der Waals surface area contributed by atoms with E-state index in [0.717, 1.165) is 12.1 Å². The molecule has 8 nitrogen and oxygen atoms in total. The summed E-state index contributed by atoms with van der Waals surface area (Å²) in [7, 11) is 0. The number of benzene rings is 3. The lowest BCUT2D eigenvalue weighted by Crippen LogP contribution is -2.35. The minimum atomic E-state index is -1.19. The van der Waals surface area contributed by atoms with Crippen molar-refractivity contribution in [2.24, 2.45) is 0 Å². The van der Waals surface area contributed by atoms with Crippen molar-refractivity contribution in [3.05, 3.63) is 121 Å². The van der Waals surface area contributed by atoms with Crippen LogP contribution in [0.5, 0.6) is 0 Å². The molecule has 0 bridgehead atoms. The number of para-hydroxylation sites is 1. The maximum Gasteiger partial charge on any atom is 0.273 e. The second kappa shape index (κ2) is 11.2. The lowest BCUT2D eigenvalue weighted by atomic mass is 9.79. The number of anilines is 2. The summed E-state index contributed by atoms with van der Waals surface area (Å²) in [6, 6.07) is 12.9. The van der Waals surface area contributed by atoms with E-state index in [-0.39, 0.29) is 43.8 Å². The average molecular weight is 573 g/mol. The highest BCUT2D eigenvalue weighted by atomic mass is 35.5. The minimum Gasteiger partial charge on any atom is -0.362 e. The summed E-state index contributed by atoms with van der Waals surface area (Å²) in [5.41, 5.74) is 0.820. The van der Waals surface area contributed by atoms with E-state index < -0.39 is 34.3 Å². The Morgan fingerprint density at radius 2 is 1.31 bits per heavy atom. The van der Waals surface area contributed by atoms with E-state index in [1.54, 1.807) is 19.9 Å². The van der Waals surface area contributed by atoms with Gasteiger partial charge in [-0.2, -0.15) is 0 Å². The van der Waals surface area contributed by atoms with Gasteiger partial charge in [-0.3, -0.25) is 19.7 Å². The zero-order valence-electron chi connectivity index (χ0n) is 20.4. The van der Waals surface area contributed by atoms with Crippen molar-refractivity contribution in [1.29, 1.82) is 0 Å². The lowest BCUT2D eigenvalue weighted by Gasteiger charge is -2.31. The standard InChI is InChI=1S/C27H20Cl2F2N4O4/c1-13-23(26(36)33-15-7-9-20(30)18(28)11-15)25(17-5-3-4-6-22(17)35(38)39)24(14(2)32-13)27(37)34-16-8-10-21(31)19(29)12-16/h3-12,25,32H,1-2H3,(H,33,36)(H,34,37). The summed E-state index contributed by atoms with van der Waals surface area (Å²) in [5, 5.41) is 19.8. The van der Waals surface area contributed by atoms with Crippen molar-refractivity contribution in [2.75, 3.05) is 10.6 Å². The lowest BCUT2D eigenvalue weighted by molar-refractivity contribution is -0.385. The van der Waals surface area contributed by atoms with Crippen molar-refractivity contribution in [3.8, 4) is 0 Å². The Bertz CT molecular complexity index is 1500. The van der Waals surface area contributed by atoms with Crippen LogP contribution in [-0.4, -0.2) is 16.7 Å². The highest BCUT2D eigenvalue weighted by Crippen LogP contribution is 2.42. The van der Waals surface area contributed by atoms with Crippen LogP contribution in [0, 0.1) is 21.7 Å². The zero-order chi connectivity index (χ0) is 28.4. The third kappa shape index (κ3) is 5.76. The molecule has 39 heavy (non-hydrogen) atoms. The highest BCUT2D eigenvalue weighted by Gasteiger charge is 2.39. The molecule has 200 valence electrons. The van der Waals surface area contributed by atoms with Crippen LogP contribution < -0.4 is 16.0 Å². The predicted molar refractivity (Wildman–Crippen MR) is 144 cm³/mol. The van der Waals surface area contributed by atoms with Crippen LogP contribution in [0.2, 0.25) is 10.0 Å². The van der Waals surface area contributed by atoms with Crippen molar-refractivity contribution in [1.82, 2.24) is 5.32 Å². The van der Waals surface area contributed by atoms with E-state index in [1.807, 2.05) is 0 Å². The molecule has 0 unspecified atom stereocenters. The molecule has 3 N–H and O–H groups in total. The number of dihydropyridines is 1. The summed E-state index contributed by atoms with van der Waals surface area (Å²) in [5.74, 6) is -3.96. The summed E-state index contributed by atoms with van der Waals surface area (Å²) < 4.78 is 27.3. The first-order valence-electron chi connectivity index (χ1n) is 11.4. The Hall–Kier alpha value is -4.28. The second-order valence-electron chi connectivity index (χ2n) is 8.62. The Morgan fingerprint density at radius 3 is 1.74 bits per heavy atom. The molecule has 0 aliphatic carbocycles. The molecule has 4 rings (SSSR count). The van der Waals surface area contributed by atoms with E-state index in [9.17, 15) is 28.5 Å². The Kier molecular flexibility index (Phi) is 7.98. The monoisotopic (exact) mass is 572 g/mol. The molecule has 0 saturated carbocycles. The molecule has 1 heterocycles. The number of hydrogen-bond acceptors (Lipinski definition) is 5. The van der Waals surface area contributed by atoms with Gasteiger partial charge in [0.15, 0.2) is 0 Å². The van der Waals surface area contributed by atoms with Crippen molar-refractivity contribution < 1.29 is 23.3 Å². The first kappa shape index (κ1) is 27.7. The number of amides is 2. The molecule has 12 heteroatoms. The smallest absolute Gasteiger partial charge is 0.273 e. The molecule has 3 aromatic rings. The molecule has 0 saturated heterocycles. The molecule has 2 amide bonds. The number of carbonyl (C=O) groups excluding carboxylic acids is 2. The van der Waals surface area contributed by atoms with Gasteiger partial charge in [-0.15, -0.1) is 0 Å². The summed E-state index contributed by atoms with van der Waals surface area (Å²) in [6.45, 7) is 3.18. The van der Waals surface area contributed by atoms with Gasteiger partial charge in [0.1, 0.15) is 11.6 Å². The quantitative estimate of drug-likeness (QED) is 0.225. The van der Waals surface area contributed by atoms with Gasteiger partial charge in [-0.1, -0.05) is 41.4 Å². The van der Waals surface area contributed by atoms with Crippen molar-refractivity contribution >= 4 is 52.1 Å². The number of hydrogen-bond donors (Lipinski definition) is 3. The normalized spacial score (nSPS) is 13.7. The number of nitrogens with zero attached hydrogens (tertiary/aromatic N) is 1. The van der Waals surface area contributed by atoms with E-state index in [1.165, 1.54) is 42.5 Å². The summed E-state index contributed by atoms with van der Waals surface area (Å²) in [4.78, 5) is 38.6. The topological polar surface area (TPSA) is 113 Å². The van der Waals surface area contributed by atoms with Crippen molar-refractivity contribution in [2.45, 2.75) is 19.8 Å². The molecular formula is C27H20Cl2F2N4O4. The maximum atomic E-state index is 13.7. The van der Waals surface area contributed by atoms with E-state index in [4.69, 9.17) is 23.2 Å². The minimum absolute atomic E-state index is 0.0117. The van der Waals surface area contributed by atoms with Crippen LogP contribution >= 0.6 is 23.2 Å². The molecule has 0 aromatic heterocycles. The van der Waals surface area contributed by atoms with Gasteiger partial charge >= 0.3 is 0 Å². The van der Waals surface area contributed by atoms with Gasteiger partial charge in [-0.25, -0.2) is 8.78 Å². The van der Waals surface area contributed by atoms with E-state index in [2.05, 4.69) is 16.0 Å². The first-order valence-corrected chi connectivity index (χ1v) is 12.2. The Balaban J connectivity index is 1.82. The van der Waals surface area contributed by atoms with Crippen LogP contribution in [0.4, 0.5) is 25.8 Å². The number of nitrogens with one attached hydrogen (secondary N) is 3. The highest BCUT2D eigenvalue weighted by molar-refractivity contribution is 6.31. The number of halogens is 4. The number of nitro benzene ring substituents is 1. The third-order valence-electron chi connectivity index (χ3n) is 6.05. The van der Waals surface area contributed by atoms with Crippen molar-refractivity contribution in [3.63, 3.8) is 0 Å². The largest absolute Gasteiger partial charge is 0.362 e. The molecule has 3 aromatic carbocycles. The molecule has 0 fully saturated rings. The number of nitro groups is 1. The first-order chi connectivity index (χ1) is 18.5. The van der Waals surface area contributed by atoms with Crippen LogP contribution in [-0.2, 0) is 9.59 Å². The fourth-order valence-electron chi connectivity index (χ4n) is 4.35. The number of rotatable bonds is 6. The molecule has 0 spiro atoms. The SMILES string of the molecule is CC1=C(C(=O)Nc2ccc(F)c(Cl)c2)C(c2ccccc2[N+](=O)[O-])C(C(=O)Nc2ccc(F)c(Cl)c2)=C(C)N1. The Morgan fingerprint density at radius 1 is 0.846 bits per heavy atom. The van der Waals surface area contributed by atoms with Gasteiger partial charge in [0, 0.05) is 45.5 Å². The molecule has 0 atom stereocenters. The average Bonchev–Trinajstić information content (AvgIpc) is 2.87. The van der Waals surface area contributed by atoms with E-state index in [0.29, 0.717) is 11.4 Å². The number of carbonyl (C=O) groups is 2. The van der Waals surface area contributed by atoms with Crippen LogP contribution in [0.3, 0.4) is 0 Å². The Labute approximate surface area is 231 Å². The van der Waals surface area contributed by atoms with Gasteiger partial charge in [-0.05, 0) is 50.2 Å². The third-order valence-corrected chi connectivity index (χ3v) is 6.63. The summed E-state index contributed by atoms with van der Waals surface area (Å²) in [6.07, 6.45) is 0. The van der Waals surface area contributed by atoms with Crippen LogP contribution in [0.25, 0.3) is 0 Å². The fraction of sp³-hybridized carbons (Fsp3) is 0.111. The fourth-order valence-corrected chi connectivity index (χ4v) is 4.71.